The molecule has 1 amide bonds. The number of amides is 1. The number of hydrogen-bond acceptors (Lipinski definition) is 2. The van der Waals surface area contributed by atoms with Crippen LogP contribution in [0.25, 0.3) is 0 Å². The van der Waals surface area contributed by atoms with Crippen molar-refractivity contribution >= 4 is 5.91 Å². The van der Waals surface area contributed by atoms with Crippen LogP contribution in [0.2, 0.25) is 0 Å². The molecule has 1 heterocycles. The van der Waals surface area contributed by atoms with Gasteiger partial charge in [0, 0.05) is 19.0 Å². The SMILES string of the molecule is C[C@H](Cc1ccc(F)cc1)NC(=O)[C@@]1(F)CCNC1. The third-order valence-corrected chi connectivity index (χ3v) is 3.34. The zero-order valence-corrected chi connectivity index (χ0v) is 10.9. The van der Waals surface area contributed by atoms with E-state index in [-0.39, 0.29) is 24.8 Å². The van der Waals surface area contributed by atoms with Crippen molar-refractivity contribution in [1.29, 1.82) is 0 Å². The average Bonchev–Trinajstić information content (AvgIpc) is 2.80. The van der Waals surface area contributed by atoms with E-state index < -0.39 is 11.6 Å². The lowest BCUT2D eigenvalue weighted by Gasteiger charge is -2.21. The van der Waals surface area contributed by atoms with Crippen molar-refractivity contribution in [2.24, 2.45) is 0 Å². The first-order chi connectivity index (χ1) is 8.99. The molecule has 2 atom stereocenters. The maximum absolute atomic E-state index is 14.1. The first kappa shape index (κ1) is 13.9. The Morgan fingerprint density at radius 3 is 2.74 bits per heavy atom. The van der Waals surface area contributed by atoms with Gasteiger partial charge < -0.3 is 10.6 Å². The van der Waals surface area contributed by atoms with E-state index >= 15 is 0 Å². The second kappa shape index (κ2) is 5.65. The summed E-state index contributed by atoms with van der Waals surface area (Å²) in [7, 11) is 0. The van der Waals surface area contributed by atoms with Gasteiger partial charge in [0.2, 0.25) is 5.67 Å². The van der Waals surface area contributed by atoms with Crippen LogP contribution in [0.5, 0.6) is 0 Å². The number of rotatable bonds is 4. The summed E-state index contributed by atoms with van der Waals surface area (Å²) in [5.41, 5.74) is -0.886. The molecule has 2 rings (SSSR count). The van der Waals surface area contributed by atoms with Gasteiger partial charge in [-0.3, -0.25) is 4.79 Å². The molecule has 0 unspecified atom stereocenters. The van der Waals surface area contributed by atoms with Crippen molar-refractivity contribution in [1.82, 2.24) is 10.6 Å². The van der Waals surface area contributed by atoms with Gasteiger partial charge in [-0.1, -0.05) is 12.1 Å². The van der Waals surface area contributed by atoms with Crippen molar-refractivity contribution in [2.75, 3.05) is 13.1 Å². The Morgan fingerprint density at radius 1 is 1.47 bits per heavy atom. The van der Waals surface area contributed by atoms with E-state index in [1.54, 1.807) is 12.1 Å². The topological polar surface area (TPSA) is 41.1 Å². The summed E-state index contributed by atoms with van der Waals surface area (Å²) in [5.74, 6) is -0.854. The van der Waals surface area contributed by atoms with Crippen LogP contribution in [0.3, 0.4) is 0 Å². The highest BCUT2D eigenvalue weighted by Crippen LogP contribution is 2.20. The summed E-state index contributed by atoms with van der Waals surface area (Å²) in [6.45, 7) is 2.41. The Bertz CT molecular complexity index is 441. The number of hydrogen-bond donors (Lipinski definition) is 2. The standard InChI is InChI=1S/C14H18F2N2O/c1-10(8-11-2-4-12(15)5-3-11)18-13(19)14(16)6-7-17-9-14/h2-5,10,17H,6-9H2,1H3,(H,18,19)/t10-,14-/m1/s1. The Labute approximate surface area is 111 Å². The molecule has 0 aliphatic carbocycles. The summed E-state index contributed by atoms with van der Waals surface area (Å²) < 4.78 is 26.9. The van der Waals surface area contributed by atoms with Crippen molar-refractivity contribution in [3.05, 3.63) is 35.6 Å². The second-order valence-electron chi connectivity index (χ2n) is 5.10. The lowest BCUT2D eigenvalue weighted by molar-refractivity contribution is -0.132. The number of nitrogens with one attached hydrogen (secondary N) is 2. The number of halogens is 2. The molecule has 0 bridgehead atoms. The molecule has 1 aromatic carbocycles. The predicted molar refractivity (Wildman–Crippen MR) is 69.0 cm³/mol. The van der Waals surface area contributed by atoms with Crippen LogP contribution in [-0.4, -0.2) is 30.7 Å². The highest BCUT2D eigenvalue weighted by atomic mass is 19.1. The Hall–Kier alpha value is -1.49. The van der Waals surface area contributed by atoms with Gasteiger partial charge in [-0.2, -0.15) is 0 Å². The minimum absolute atomic E-state index is 0.0715. The monoisotopic (exact) mass is 268 g/mol. The van der Waals surface area contributed by atoms with Crippen LogP contribution in [0.15, 0.2) is 24.3 Å². The summed E-state index contributed by atoms with van der Waals surface area (Å²) >= 11 is 0. The largest absolute Gasteiger partial charge is 0.350 e. The summed E-state index contributed by atoms with van der Waals surface area (Å²) in [5, 5.41) is 5.52. The quantitative estimate of drug-likeness (QED) is 0.870. The molecule has 1 aromatic rings. The third kappa shape index (κ3) is 3.50. The van der Waals surface area contributed by atoms with Crippen LogP contribution in [0.1, 0.15) is 18.9 Å². The number of carbonyl (C=O) groups excluding carboxylic acids is 1. The molecule has 3 nitrogen and oxygen atoms in total. The van der Waals surface area contributed by atoms with E-state index in [1.165, 1.54) is 12.1 Å². The molecule has 0 spiro atoms. The van der Waals surface area contributed by atoms with Crippen molar-refractivity contribution in [2.45, 2.75) is 31.5 Å². The molecule has 5 heteroatoms. The predicted octanol–water partition coefficient (Wildman–Crippen LogP) is 1.57. The van der Waals surface area contributed by atoms with Gasteiger partial charge in [0.25, 0.3) is 5.91 Å². The van der Waals surface area contributed by atoms with E-state index in [9.17, 15) is 13.6 Å². The van der Waals surface area contributed by atoms with E-state index in [1.807, 2.05) is 6.92 Å². The van der Waals surface area contributed by atoms with E-state index in [4.69, 9.17) is 0 Å². The summed E-state index contributed by atoms with van der Waals surface area (Å²) in [6, 6.07) is 5.90. The molecule has 0 aromatic heterocycles. The number of carbonyl (C=O) groups is 1. The van der Waals surface area contributed by atoms with Crippen LogP contribution in [0.4, 0.5) is 8.78 Å². The maximum atomic E-state index is 14.1. The third-order valence-electron chi connectivity index (χ3n) is 3.34. The summed E-state index contributed by atoms with van der Waals surface area (Å²) in [6.07, 6.45) is 0.762. The lowest BCUT2D eigenvalue weighted by Crippen LogP contribution is -2.48. The van der Waals surface area contributed by atoms with E-state index in [0.717, 1.165) is 5.56 Å². The van der Waals surface area contributed by atoms with Gasteiger partial charge in [0.1, 0.15) is 5.82 Å². The van der Waals surface area contributed by atoms with Crippen molar-refractivity contribution < 1.29 is 13.6 Å². The van der Waals surface area contributed by atoms with E-state index in [0.29, 0.717) is 13.0 Å². The molecular formula is C14H18F2N2O. The molecule has 1 saturated heterocycles. The second-order valence-corrected chi connectivity index (χ2v) is 5.10. The van der Waals surface area contributed by atoms with Gasteiger partial charge in [0.05, 0.1) is 0 Å². The summed E-state index contributed by atoms with van der Waals surface area (Å²) in [4.78, 5) is 11.8. The van der Waals surface area contributed by atoms with Gasteiger partial charge >= 0.3 is 0 Å². The minimum atomic E-state index is -1.79. The van der Waals surface area contributed by atoms with Crippen LogP contribution in [0, 0.1) is 5.82 Å². The Morgan fingerprint density at radius 2 is 2.16 bits per heavy atom. The Balaban J connectivity index is 1.88. The van der Waals surface area contributed by atoms with Crippen molar-refractivity contribution in [3.8, 4) is 0 Å². The zero-order chi connectivity index (χ0) is 13.9. The molecule has 104 valence electrons. The molecule has 19 heavy (non-hydrogen) atoms. The van der Waals surface area contributed by atoms with Crippen molar-refractivity contribution in [3.63, 3.8) is 0 Å². The highest BCUT2D eigenvalue weighted by molar-refractivity contribution is 5.86. The van der Waals surface area contributed by atoms with Crippen LogP contribution in [-0.2, 0) is 11.2 Å². The lowest BCUT2D eigenvalue weighted by atomic mass is 10.0. The van der Waals surface area contributed by atoms with Gasteiger partial charge in [-0.05, 0) is 37.6 Å². The smallest absolute Gasteiger partial charge is 0.259 e. The fraction of sp³-hybridized carbons (Fsp3) is 0.500. The highest BCUT2D eigenvalue weighted by Gasteiger charge is 2.41. The minimum Gasteiger partial charge on any atom is -0.350 e. The first-order valence-corrected chi connectivity index (χ1v) is 6.45. The molecule has 1 aliphatic rings. The molecule has 1 fully saturated rings. The molecule has 0 saturated carbocycles. The van der Waals surface area contributed by atoms with Gasteiger partial charge in [-0.15, -0.1) is 0 Å². The normalized spacial score (nSPS) is 24.2. The molecule has 2 N–H and O–H groups in total. The molecular weight excluding hydrogens is 250 g/mol. The first-order valence-electron chi connectivity index (χ1n) is 6.45. The zero-order valence-electron chi connectivity index (χ0n) is 10.9. The fourth-order valence-corrected chi connectivity index (χ4v) is 2.23. The number of alkyl halides is 1. The van der Waals surface area contributed by atoms with E-state index in [2.05, 4.69) is 10.6 Å². The Kier molecular flexibility index (Phi) is 4.14. The van der Waals surface area contributed by atoms with Crippen LogP contribution >= 0.6 is 0 Å². The molecule has 1 aliphatic heterocycles. The number of benzene rings is 1. The fourth-order valence-electron chi connectivity index (χ4n) is 2.23. The van der Waals surface area contributed by atoms with Crippen LogP contribution < -0.4 is 10.6 Å². The maximum Gasteiger partial charge on any atom is 0.259 e. The van der Waals surface area contributed by atoms with Gasteiger partial charge in [0.15, 0.2) is 0 Å². The van der Waals surface area contributed by atoms with Gasteiger partial charge in [-0.25, -0.2) is 8.78 Å². The molecule has 0 radical (unpaired) electrons. The average molecular weight is 268 g/mol.